The fourth-order valence-corrected chi connectivity index (χ4v) is 5.29. The maximum absolute atomic E-state index is 6.11. The number of fused-ring (bicyclic) bond motifs is 6. The Balaban J connectivity index is 0.00000192. The highest BCUT2D eigenvalue weighted by molar-refractivity contribution is 14.0. The van der Waals surface area contributed by atoms with Gasteiger partial charge in [-0.1, -0.05) is 12.1 Å². The summed E-state index contributed by atoms with van der Waals surface area (Å²) in [6.07, 6.45) is 3.49. The number of aryl methyl sites for hydroxylation is 1. The van der Waals surface area contributed by atoms with Crippen LogP contribution in [0.15, 0.2) is 29.3 Å². The molecule has 0 spiro atoms. The van der Waals surface area contributed by atoms with Gasteiger partial charge in [-0.25, -0.2) is 4.98 Å². The number of para-hydroxylation sites is 2. The van der Waals surface area contributed by atoms with Crippen molar-refractivity contribution in [3.8, 4) is 0 Å². The first-order valence-electron chi connectivity index (χ1n) is 10.3. The molecular formula is C21H30IN5O. The SMILES string of the molecule is CCNC(=NCCn1c(C)nc2ccccc21)N1CC2C3CCC(O3)C2C1.I. The molecule has 2 bridgehead atoms. The van der Waals surface area contributed by atoms with Crippen LogP contribution in [-0.4, -0.2) is 58.8 Å². The van der Waals surface area contributed by atoms with E-state index in [0.717, 1.165) is 50.0 Å². The van der Waals surface area contributed by atoms with Crippen LogP contribution in [0.2, 0.25) is 0 Å². The van der Waals surface area contributed by atoms with Gasteiger partial charge < -0.3 is 19.5 Å². The molecule has 3 aliphatic heterocycles. The van der Waals surface area contributed by atoms with E-state index in [-0.39, 0.29) is 24.0 Å². The Morgan fingerprint density at radius 3 is 2.64 bits per heavy atom. The van der Waals surface area contributed by atoms with Gasteiger partial charge in [0.15, 0.2) is 5.96 Å². The van der Waals surface area contributed by atoms with Crippen LogP contribution >= 0.6 is 24.0 Å². The van der Waals surface area contributed by atoms with Crippen molar-refractivity contribution in [2.75, 3.05) is 26.2 Å². The van der Waals surface area contributed by atoms with Crippen LogP contribution in [0.3, 0.4) is 0 Å². The second kappa shape index (κ2) is 8.18. The lowest BCUT2D eigenvalue weighted by Gasteiger charge is -2.23. The Morgan fingerprint density at radius 1 is 1.21 bits per heavy atom. The maximum atomic E-state index is 6.11. The van der Waals surface area contributed by atoms with Gasteiger partial charge in [0, 0.05) is 38.0 Å². The number of likely N-dealkylation sites (tertiary alicyclic amines) is 1. The van der Waals surface area contributed by atoms with Crippen LogP contribution in [0.4, 0.5) is 0 Å². The molecule has 152 valence electrons. The third-order valence-electron chi connectivity index (χ3n) is 6.52. The molecule has 1 N–H and O–H groups in total. The van der Waals surface area contributed by atoms with E-state index in [1.54, 1.807) is 0 Å². The highest BCUT2D eigenvalue weighted by Crippen LogP contribution is 2.47. The van der Waals surface area contributed by atoms with Crippen LogP contribution in [0, 0.1) is 18.8 Å². The number of ether oxygens (including phenoxy) is 1. The monoisotopic (exact) mass is 495 g/mol. The molecule has 0 radical (unpaired) electrons. The molecule has 0 saturated carbocycles. The number of aromatic nitrogens is 2. The van der Waals surface area contributed by atoms with Crippen LogP contribution < -0.4 is 5.32 Å². The third-order valence-corrected chi connectivity index (χ3v) is 6.52. The summed E-state index contributed by atoms with van der Waals surface area (Å²) in [5, 5.41) is 3.51. The molecule has 4 unspecified atom stereocenters. The number of aliphatic imine (C=N–C) groups is 1. The third kappa shape index (κ3) is 3.40. The number of hydrogen-bond acceptors (Lipinski definition) is 3. The van der Waals surface area contributed by atoms with Gasteiger partial charge in [-0.2, -0.15) is 0 Å². The molecule has 1 aromatic heterocycles. The van der Waals surface area contributed by atoms with Crippen LogP contribution in [0.5, 0.6) is 0 Å². The number of imidazole rings is 1. The van der Waals surface area contributed by atoms with Gasteiger partial charge in [0.1, 0.15) is 5.82 Å². The highest BCUT2D eigenvalue weighted by atomic mass is 127. The molecule has 4 heterocycles. The van der Waals surface area contributed by atoms with Crippen molar-refractivity contribution in [2.24, 2.45) is 16.8 Å². The Bertz CT molecular complexity index is 848. The molecule has 4 atom stereocenters. The first-order chi connectivity index (χ1) is 13.2. The zero-order chi connectivity index (χ0) is 18.4. The van der Waals surface area contributed by atoms with E-state index >= 15 is 0 Å². The topological polar surface area (TPSA) is 54.7 Å². The summed E-state index contributed by atoms with van der Waals surface area (Å²) in [6.45, 7) is 8.92. The molecule has 5 rings (SSSR count). The number of guanidine groups is 1. The first-order valence-corrected chi connectivity index (χ1v) is 10.3. The summed E-state index contributed by atoms with van der Waals surface area (Å²) in [5.41, 5.74) is 2.26. The fourth-order valence-electron chi connectivity index (χ4n) is 5.29. The van der Waals surface area contributed by atoms with Gasteiger partial charge in [0.05, 0.1) is 29.8 Å². The van der Waals surface area contributed by atoms with E-state index in [4.69, 9.17) is 9.73 Å². The number of nitrogens with one attached hydrogen (secondary N) is 1. The summed E-state index contributed by atoms with van der Waals surface area (Å²) in [5.74, 6) is 3.52. The molecule has 1 aromatic carbocycles. The zero-order valence-electron chi connectivity index (χ0n) is 16.7. The average molecular weight is 495 g/mol. The standard InChI is InChI=1S/C21H29N5O.HI/c1-3-22-21(25-12-15-16(13-25)20-9-8-19(15)27-20)23-10-11-26-14(2)24-17-6-4-5-7-18(17)26;/h4-7,15-16,19-20H,3,8-13H2,1-2H3,(H,22,23);1H. The van der Waals surface area contributed by atoms with Crippen molar-refractivity contribution in [3.63, 3.8) is 0 Å². The Morgan fingerprint density at radius 2 is 1.93 bits per heavy atom. The normalized spacial score (nSPS) is 28.6. The minimum absolute atomic E-state index is 0. The van der Waals surface area contributed by atoms with Crippen molar-refractivity contribution in [2.45, 2.75) is 45.4 Å². The summed E-state index contributed by atoms with van der Waals surface area (Å²) in [6, 6.07) is 8.33. The van der Waals surface area contributed by atoms with Gasteiger partial charge >= 0.3 is 0 Å². The minimum atomic E-state index is 0. The summed E-state index contributed by atoms with van der Waals surface area (Å²) in [4.78, 5) is 12.1. The molecule has 7 heteroatoms. The lowest BCUT2D eigenvalue weighted by Crippen LogP contribution is -2.41. The zero-order valence-corrected chi connectivity index (χ0v) is 19.0. The quantitative estimate of drug-likeness (QED) is 0.403. The van der Waals surface area contributed by atoms with Gasteiger partial charge in [-0.05, 0) is 38.8 Å². The fraction of sp³-hybridized carbons (Fsp3) is 0.619. The van der Waals surface area contributed by atoms with Crippen molar-refractivity contribution in [1.29, 1.82) is 0 Å². The molecular weight excluding hydrogens is 465 g/mol. The van der Waals surface area contributed by atoms with E-state index in [2.05, 4.69) is 51.8 Å². The number of hydrogen-bond donors (Lipinski definition) is 1. The van der Waals surface area contributed by atoms with Crippen molar-refractivity contribution >= 4 is 41.0 Å². The molecule has 2 aromatic rings. The van der Waals surface area contributed by atoms with E-state index in [9.17, 15) is 0 Å². The van der Waals surface area contributed by atoms with E-state index in [0.29, 0.717) is 24.0 Å². The first kappa shape index (κ1) is 19.9. The number of rotatable bonds is 4. The summed E-state index contributed by atoms with van der Waals surface area (Å²) >= 11 is 0. The van der Waals surface area contributed by atoms with E-state index in [1.807, 2.05) is 6.07 Å². The number of halogens is 1. The Kier molecular flexibility index (Phi) is 5.83. The molecule has 3 aliphatic rings. The van der Waals surface area contributed by atoms with Gasteiger partial charge in [-0.15, -0.1) is 24.0 Å². The second-order valence-electron chi connectivity index (χ2n) is 8.06. The van der Waals surface area contributed by atoms with Crippen molar-refractivity contribution in [3.05, 3.63) is 30.1 Å². The molecule has 3 saturated heterocycles. The average Bonchev–Trinajstić information content (AvgIpc) is 3.42. The van der Waals surface area contributed by atoms with Gasteiger partial charge in [-0.3, -0.25) is 4.99 Å². The van der Waals surface area contributed by atoms with Crippen LogP contribution in [0.1, 0.15) is 25.6 Å². The highest BCUT2D eigenvalue weighted by Gasteiger charge is 2.53. The van der Waals surface area contributed by atoms with Crippen LogP contribution in [0.25, 0.3) is 11.0 Å². The summed E-state index contributed by atoms with van der Waals surface area (Å²) in [7, 11) is 0. The van der Waals surface area contributed by atoms with Crippen molar-refractivity contribution < 1.29 is 4.74 Å². The van der Waals surface area contributed by atoms with Gasteiger partial charge in [0.2, 0.25) is 0 Å². The van der Waals surface area contributed by atoms with E-state index in [1.165, 1.54) is 18.4 Å². The molecule has 0 amide bonds. The smallest absolute Gasteiger partial charge is 0.193 e. The molecule has 28 heavy (non-hydrogen) atoms. The number of nitrogens with zero attached hydrogens (tertiary/aromatic N) is 4. The predicted octanol–water partition coefficient (Wildman–Crippen LogP) is 3.04. The Labute approximate surface area is 183 Å². The second-order valence-corrected chi connectivity index (χ2v) is 8.06. The predicted molar refractivity (Wildman–Crippen MR) is 122 cm³/mol. The molecule has 3 fully saturated rings. The van der Waals surface area contributed by atoms with Crippen LogP contribution in [-0.2, 0) is 11.3 Å². The lowest BCUT2D eigenvalue weighted by atomic mass is 9.82. The van der Waals surface area contributed by atoms with E-state index < -0.39 is 0 Å². The number of benzene rings is 1. The molecule has 0 aliphatic carbocycles. The largest absolute Gasteiger partial charge is 0.374 e. The maximum Gasteiger partial charge on any atom is 0.193 e. The van der Waals surface area contributed by atoms with Crippen molar-refractivity contribution in [1.82, 2.24) is 19.8 Å². The lowest BCUT2D eigenvalue weighted by molar-refractivity contribution is 0.0767. The minimum Gasteiger partial charge on any atom is -0.374 e. The van der Waals surface area contributed by atoms with Gasteiger partial charge in [0.25, 0.3) is 0 Å². The summed E-state index contributed by atoms with van der Waals surface area (Å²) < 4.78 is 8.39. The Hall–Kier alpha value is -1.35. The molecule has 6 nitrogen and oxygen atoms in total.